The number of benzene rings is 1. The van der Waals surface area contributed by atoms with Gasteiger partial charge in [-0.2, -0.15) is 0 Å². The topological polar surface area (TPSA) is 48.4 Å². The van der Waals surface area contributed by atoms with E-state index in [1.807, 2.05) is 49.4 Å². The molecule has 0 saturated carbocycles. The van der Waals surface area contributed by atoms with Crippen LogP contribution in [0.25, 0.3) is 6.08 Å². The molecule has 0 radical (unpaired) electrons. The normalized spacial score (nSPS) is 10.6. The lowest BCUT2D eigenvalue weighted by Gasteiger charge is -2.05. The molecule has 1 heterocycles. The van der Waals surface area contributed by atoms with Crippen LogP contribution >= 0.6 is 0 Å². The molecule has 0 saturated heterocycles. The molecule has 0 spiro atoms. The van der Waals surface area contributed by atoms with Crippen molar-refractivity contribution in [2.45, 2.75) is 13.8 Å². The standard InChI is InChI=1S/C17H17NO3/c1-3-20-17(19)12-9-14-7-10-15(11-8-14)21-16-6-4-5-13(2)18-16/h4-12H,3H2,1-2H3/b12-9+. The van der Waals surface area contributed by atoms with Gasteiger partial charge in [0.15, 0.2) is 0 Å². The maximum absolute atomic E-state index is 11.2. The second-order valence-electron chi connectivity index (χ2n) is 4.37. The predicted octanol–water partition coefficient (Wildman–Crippen LogP) is 3.76. The van der Waals surface area contributed by atoms with E-state index in [9.17, 15) is 4.79 Å². The maximum atomic E-state index is 11.2. The van der Waals surface area contributed by atoms with Crippen LogP contribution in [0.2, 0.25) is 0 Å². The van der Waals surface area contributed by atoms with Crippen LogP contribution in [0.1, 0.15) is 18.2 Å². The van der Waals surface area contributed by atoms with Crippen molar-refractivity contribution in [3.8, 4) is 11.6 Å². The van der Waals surface area contributed by atoms with Crippen molar-refractivity contribution in [2.75, 3.05) is 6.61 Å². The molecule has 21 heavy (non-hydrogen) atoms. The van der Waals surface area contributed by atoms with E-state index in [4.69, 9.17) is 9.47 Å². The van der Waals surface area contributed by atoms with Gasteiger partial charge >= 0.3 is 5.97 Å². The lowest BCUT2D eigenvalue weighted by atomic mass is 10.2. The fraction of sp³-hybridized carbons (Fsp3) is 0.176. The number of nitrogens with zero attached hydrogens (tertiary/aromatic N) is 1. The van der Waals surface area contributed by atoms with Gasteiger partial charge in [0, 0.05) is 17.8 Å². The zero-order valence-electron chi connectivity index (χ0n) is 12.1. The van der Waals surface area contributed by atoms with Crippen LogP contribution in [0.15, 0.2) is 48.5 Å². The first kappa shape index (κ1) is 14.8. The summed E-state index contributed by atoms with van der Waals surface area (Å²) in [6.07, 6.45) is 3.11. The molecule has 2 rings (SSSR count). The molecule has 0 fully saturated rings. The smallest absolute Gasteiger partial charge is 0.330 e. The number of carbonyl (C=O) groups is 1. The number of aryl methyl sites for hydroxylation is 1. The van der Waals surface area contributed by atoms with Crippen molar-refractivity contribution in [3.63, 3.8) is 0 Å². The number of rotatable bonds is 5. The van der Waals surface area contributed by atoms with Crippen LogP contribution in [0.4, 0.5) is 0 Å². The highest BCUT2D eigenvalue weighted by molar-refractivity contribution is 5.87. The van der Waals surface area contributed by atoms with Crippen LogP contribution < -0.4 is 4.74 Å². The summed E-state index contributed by atoms with van der Waals surface area (Å²) in [6, 6.07) is 13.0. The molecule has 0 bridgehead atoms. The van der Waals surface area contributed by atoms with Crippen molar-refractivity contribution in [1.82, 2.24) is 4.98 Å². The van der Waals surface area contributed by atoms with Gasteiger partial charge in [0.05, 0.1) is 6.61 Å². The SMILES string of the molecule is CCOC(=O)/C=C/c1ccc(Oc2cccc(C)n2)cc1. The number of aromatic nitrogens is 1. The molecule has 0 aliphatic carbocycles. The molecule has 0 amide bonds. The van der Waals surface area contributed by atoms with Crippen LogP contribution in [-0.4, -0.2) is 17.6 Å². The zero-order valence-corrected chi connectivity index (χ0v) is 12.1. The summed E-state index contributed by atoms with van der Waals surface area (Å²) in [5.41, 5.74) is 1.80. The zero-order chi connectivity index (χ0) is 15.1. The minimum absolute atomic E-state index is 0.346. The quantitative estimate of drug-likeness (QED) is 0.619. The lowest BCUT2D eigenvalue weighted by molar-refractivity contribution is -0.137. The highest BCUT2D eigenvalue weighted by Crippen LogP contribution is 2.20. The van der Waals surface area contributed by atoms with Crippen molar-refractivity contribution in [2.24, 2.45) is 0 Å². The molecule has 108 valence electrons. The Morgan fingerprint density at radius 2 is 1.95 bits per heavy atom. The average molecular weight is 283 g/mol. The van der Waals surface area contributed by atoms with E-state index in [2.05, 4.69) is 4.98 Å². The molecule has 2 aromatic rings. The number of hydrogen-bond donors (Lipinski definition) is 0. The summed E-state index contributed by atoms with van der Waals surface area (Å²) in [7, 11) is 0. The highest BCUT2D eigenvalue weighted by atomic mass is 16.5. The predicted molar refractivity (Wildman–Crippen MR) is 81.2 cm³/mol. The van der Waals surface area contributed by atoms with Crippen molar-refractivity contribution in [3.05, 3.63) is 59.8 Å². The van der Waals surface area contributed by atoms with Crippen LogP contribution in [-0.2, 0) is 9.53 Å². The number of pyridine rings is 1. The van der Waals surface area contributed by atoms with Gasteiger partial charge in [-0.1, -0.05) is 18.2 Å². The van der Waals surface area contributed by atoms with Crippen molar-refractivity contribution in [1.29, 1.82) is 0 Å². The molecule has 4 nitrogen and oxygen atoms in total. The molecule has 0 aliphatic rings. The Labute approximate surface area is 124 Å². The maximum Gasteiger partial charge on any atom is 0.330 e. The summed E-state index contributed by atoms with van der Waals surface area (Å²) in [6.45, 7) is 4.06. The summed E-state index contributed by atoms with van der Waals surface area (Å²) in [4.78, 5) is 15.5. The van der Waals surface area contributed by atoms with E-state index < -0.39 is 0 Å². The third-order valence-corrected chi connectivity index (χ3v) is 2.66. The molecule has 0 N–H and O–H groups in total. The van der Waals surface area contributed by atoms with Gasteiger partial charge in [-0.3, -0.25) is 0 Å². The monoisotopic (exact) mass is 283 g/mol. The van der Waals surface area contributed by atoms with Gasteiger partial charge in [-0.15, -0.1) is 0 Å². The van der Waals surface area contributed by atoms with Crippen LogP contribution in [0.3, 0.4) is 0 Å². The molecular formula is C17H17NO3. The Morgan fingerprint density at radius 1 is 1.19 bits per heavy atom. The van der Waals surface area contributed by atoms with Gasteiger partial charge in [0.25, 0.3) is 0 Å². The van der Waals surface area contributed by atoms with Gasteiger partial charge in [0.2, 0.25) is 5.88 Å². The third-order valence-electron chi connectivity index (χ3n) is 2.66. The Morgan fingerprint density at radius 3 is 2.62 bits per heavy atom. The Balaban J connectivity index is 2.00. The fourth-order valence-corrected chi connectivity index (χ4v) is 1.70. The van der Waals surface area contributed by atoms with E-state index in [1.165, 1.54) is 6.08 Å². The first-order valence-electron chi connectivity index (χ1n) is 6.74. The molecular weight excluding hydrogens is 266 g/mol. The summed E-state index contributed by atoms with van der Waals surface area (Å²) in [5.74, 6) is 0.910. The molecule has 0 aliphatic heterocycles. The second-order valence-corrected chi connectivity index (χ2v) is 4.37. The third kappa shape index (κ3) is 4.76. The molecule has 0 atom stereocenters. The van der Waals surface area contributed by atoms with Gasteiger partial charge in [0.1, 0.15) is 5.75 Å². The second kappa shape index (κ2) is 7.24. The lowest BCUT2D eigenvalue weighted by Crippen LogP contribution is -1.98. The van der Waals surface area contributed by atoms with Gasteiger partial charge in [-0.05, 0) is 43.7 Å². The Bertz CT molecular complexity index is 633. The van der Waals surface area contributed by atoms with Gasteiger partial charge < -0.3 is 9.47 Å². The van der Waals surface area contributed by atoms with E-state index >= 15 is 0 Å². The Hall–Kier alpha value is -2.62. The van der Waals surface area contributed by atoms with Crippen molar-refractivity contribution < 1.29 is 14.3 Å². The van der Waals surface area contributed by atoms with Gasteiger partial charge in [-0.25, -0.2) is 9.78 Å². The van der Waals surface area contributed by atoms with E-state index in [0.717, 1.165) is 11.3 Å². The highest BCUT2D eigenvalue weighted by Gasteiger charge is 1.99. The van der Waals surface area contributed by atoms with Crippen LogP contribution in [0, 0.1) is 6.92 Å². The summed E-state index contributed by atoms with van der Waals surface area (Å²) < 4.78 is 10.5. The largest absolute Gasteiger partial charge is 0.463 e. The summed E-state index contributed by atoms with van der Waals surface area (Å²) in [5, 5.41) is 0. The molecule has 1 aromatic heterocycles. The van der Waals surface area contributed by atoms with E-state index in [0.29, 0.717) is 18.2 Å². The molecule has 0 unspecified atom stereocenters. The first-order valence-corrected chi connectivity index (χ1v) is 6.74. The molecule has 1 aromatic carbocycles. The summed E-state index contributed by atoms with van der Waals surface area (Å²) >= 11 is 0. The Kier molecular flexibility index (Phi) is 5.10. The van der Waals surface area contributed by atoms with Crippen molar-refractivity contribution >= 4 is 12.0 Å². The number of carbonyl (C=O) groups excluding carboxylic acids is 1. The molecule has 4 heteroatoms. The minimum atomic E-state index is -0.346. The van der Waals surface area contributed by atoms with E-state index in [-0.39, 0.29) is 5.97 Å². The average Bonchev–Trinajstić information content (AvgIpc) is 2.47. The van der Waals surface area contributed by atoms with E-state index in [1.54, 1.807) is 13.0 Å². The fourth-order valence-electron chi connectivity index (χ4n) is 1.70. The first-order chi connectivity index (χ1) is 10.2. The number of ether oxygens (including phenoxy) is 2. The number of esters is 1. The van der Waals surface area contributed by atoms with Crippen LogP contribution in [0.5, 0.6) is 11.6 Å². The minimum Gasteiger partial charge on any atom is -0.463 e. The number of hydrogen-bond acceptors (Lipinski definition) is 4.